The summed E-state index contributed by atoms with van der Waals surface area (Å²) in [5.41, 5.74) is 7.66. The van der Waals surface area contributed by atoms with Gasteiger partial charge in [-0.3, -0.25) is 14.5 Å². The Kier molecular flexibility index (Phi) is 8.10. The molecular weight excluding hydrogens is 438 g/mol. The molecule has 2 N–H and O–H groups in total. The van der Waals surface area contributed by atoms with Crippen LogP contribution in [0.3, 0.4) is 0 Å². The summed E-state index contributed by atoms with van der Waals surface area (Å²) in [6, 6.07) is 24.4. The lowest BCUT2D eigenvalue weighted by molar-refractivity contribution is -0.120. The van der Waals surface area contributed by atoms with Crippen LogP contribution in [-0.2, 0) is 21.2 Å². The summed E-state index contributed by atoms with van der Waals surface area (Å²) in [7, 11) is -2.44. The van der Waals surface area contributed by atoms with E-state index in [1.165, 1.54) is 19.2 Å². The molecule has 0 unspecified atom stereocenters. The molecule has 33 heavy (non-hydrogen) atoms. The smallest absolute Gasteiger partial charge is 0.264 e. The molecule has 0 aliphatic heterocycles. The summed E-state index contributed by atoms with van der Waals surface area (Å²) < 4.78 is 32.8. The normalized spacial score (nSPS) is 11.5. The van der Waals surface area contributed by atoms with Crippen LogP contribution < -0.4 is 19.9 Å². The van der Waals surface area contributed by atoms with Crippen molar-refractivity contribution in [3.63, 3.8) is 0 Å². The van der Waals surface area contributed by atoms with Crippen molar-refractivity contribution in [1.29, 1.82) is 0 Å². The molecule has 3 aromatic carbocycles. The molecule has 1 amide bonds. The highest BCUT2D eigenvalue weighted by Gasteiger charge is 2.27. The van der Waals surface area contributed by atoms with Gasteiger partial charge in [-0.15, -0.1) is 0 Å². The molecule has 0 aromatic heterocycles. The van der Waals surface area contributed by atoms with Crippen molar-refractivity contribution in [2.24, 2.45) is 0 Å². The molecule has 0 fully saturated rings. The summed E-state index contributed by atoms with van der Waals surface area (Å²) >= 11 is 0. The third kappa shape index (κ3) is 6.60. The van der Waals surface area contributed by atoms with E-state index in [1.54, 1.807) is 42.5 Å². The van der Waals surface area contributed by atoms with Crippen LogP contribution in [0.1, 0.15) is 12.5 Å². The van der Waals surface area contributed by atoms with Crippen molar-refractivity contribution in [2.45, 2.75) is 18.2 Å². The van der Waals surface area contributed by atoms with Crippen molar-refractivity contribution < 1.29 is 17.9 Å². The molecule has 3 rings (SSSR count). The Morgan fingerprint density at radius 2 is 1.52 bits per heavy atom. The summed E-state index contributed by atoms with van der Waals surface area (Å²) in [5, 5.41) is 0. The third-order valence-corrected chi connectivity index (χ3v) is 6.65. The van der Waals surface area contributed by atoms with Crippen molar-refractivity contribution >= 4 is 21.6 Å². The average Bonchev–Trinajstić information content (AvgIpc) is 2.86. The minimum absolute atomic E-state index is 0.0977. The molecule has 0 aliphatic rings. The lowest BCUT2D eigenvalue weighted by Crippen LogP contribution is -2.45. The van der Waals surface area contributed by atoms with Crippen LogP contribution in [0.2, 0.25) is 0 Å². The van der Waals surface area contributed by atoms with Gasteiger partial charge in [0.05, 0.1) is 17.7 Å². The molecule has 3 aromatic rings. The maximum Gasteiger partial charge on any atom is 0.264 e. The fraction of sp³-hybridized carbons (Fsp3) is 0.160. The Bertz CT molecular complexity index is 1180. The molecule has 0 radical (unpaired) electrons. The van der Waals surface area contributed by atoms with Crippen LogP contribution in [0.15, 0.2) is 102 Å². The molecule has 0 heterocycles. The van der Waals surface area contributed by atoms with Crippen molar-refractivity contribution in [2.75, 3.05) is 18.0 Å². The molecule has 0 bridgehead atoms. The highest BCUT2D eigenvalue weighted by atomic mass is 32.2. The van der Waals surface area contributed by atoms with Crippen molar-refractivity contribution in [3.05, 3.63) is 102 Å². The number of carbonyl (C=O) groups is 1. The number of hydrogen-bond acceptors (Lipinski definition) is 5. The van der Waals surface area contributed by atoms with Gasteiger partial charge in [-0.2, -0.15) is 0 Å². The predicted molar refractivity (Wildman–Crippen MR) is 129 cm³/mol. The SMILES string of the molecule is COc1ccc(N(CC(=O)NN/C(C)=C\Cc2ccccc2)S(=O)(=O)c2ccccc2)cc1. The number of hydrazine groups is 1. The van der Waals surface area contributed by atoms with Gasteiger partial charge in [0.1, 0.15) is 12.3 Å². The van der Waals surface area contributed by atoms with E-state index >= 15 is 0 Å². The number of rotatable bonds is 10. The van der Waals surface area contributed by atoms with Gasteiger partial charge in [-0.1, -0.05) is 54.6 Å². The maximum absolute atomic E-state index is 13.3. The molecule has 0 saturated carbocycles. The minimum atomic E-state index is -3.96. The first-order valence-corrected chi connectivity index (χ1v) is 11.8. The van der Waals surface area contributed by atoms with Gasteiger partial charge in [-0.25, -0.2) is 8.42 Å². The fourth-order valence-electron chi connectivity index (χ4n) is 3.06. The topological polar surface area (TPSA) is 87.7 Å². The first kappa shape index (κ1) is 23.9. The van der Waals surface area contributed by atoms with E-state index in [0.717, 1.165) is 15.6 Å². The van der Waals surface area contributed by atoms with Crippen LogP contribution >= 0.6 is 0 Å². The van der Waals surface area contributed by atoms with Crippen LogP contribution in [0.25, 0.3) is 0 Å². The number of anilines is 1. The number of amides is 1. The lowest BCUT2D eigenvalue weighted by Gasteiger charge is -2.24. The zero-order valence-electron chi connectivity index (χ0n) is 18.6. The molecule has 0 atom stereocenters. The lowest BCUT2D eigenvalue weighted by atomic mass is 10.1. The quantitative estimate of drug-likeness (QED) is 0.446. The first-order chi connectivity index (χ1) is 15.9. The van der Waals surface area contributed by atoms with Gasteiger partial charge in [-0.05, 0) is 55.3 Å². The number of benzene rings is 3. The van der Waals surface area contributed by atoms with E-state index in [2.05, 4.69) is 10.9 Å². The number of hydrogen-bond donors (Lipinski definition) is 2. The van der Waals surface area contributed by atoms with Crippen molar-refractivity contribution in [3.8, 4) is 5.75 Å². The van der Waals surface area contributed by atoms with E-state index in [-0.39, 0.29) is 4.90 Å². The van der Waals surface area contributed by atoms with Gasteiger partial charge in [0, 0.05) is 5.70 Å². The molecular formula is C25H27N3O4S. The van der Waals surface area contributed by atoms with E-state index in [1.807, 2.05) is 43.3 Å². The second-order valence-electron chi connectivity index (χ2n) is 7.27. The first-order valence-electron chi connectivity index (χ1n) is 10.4. The number of sulfonamides is 1. The molecule has 7 nitrogen and oxygen atoms in total. The number of nitrogens with zero attached hydrogens (tertiary/aromatic N) is 1. The van der Waals surface area contributed by atoms with E-state index in [4.69, 9.17) is 4.74 Å². The summed E-state index contributed by atoms with van der Waals surface area (Å²) in [5.74, 6) is 0.0823. The van der Waals surface area contributed by atoms with Gasteiger partial charge in [0.2, 0.25) is 0 Å². The molecule has 0 aliphatic carbocycles. The number of methoxy groups -OCH3 is 1. The van der Waals surface area contributed by atoms with Crippen molar-refractivity contribution in [1.82, 2.24) is 10.9 Å². The Balaban J connectivity index is 1.73. The van der Waals surface area contributed by atoms with Crippen LogP contribution in [0.4, 0.5) is 5.69 Å². The van der Waals surface area contributed by atoms with Crippen LogP contribution in [0, 0.1) is 0 Å². The van der Waals surface area contributed by atoms with E-state index in [9.17, 15) is 13.2 Å². The number of allylic oxidation sites excluding steroid dienone is 2. The zero-order valence-corrected chi connectivity index (χ0v) is 19.4. The van der Waals surface area contributed by atoms with E-state index in [0.29, 0.717) is 17.9 Å². The predicted octanol–water partition coefficient (Wildman–Crippen LogP) is 3.66. The number of ether oxygens (including phenoxy) is 1. The summed E-state index contributed by atoms with van der Waals surface area (Å²) in [6.07, 6.45) is 2.65. The fourth-order valence-corrected chi connectivity index (χ4v) is 4.50. The highest BCUT2D eigenvalue weighted by molar-refractivity contribution is 7.92. The van der Waals surface area contributed by atoms with Crippen LogP contribution in [0.5, 0.6) is 5.75 Å². The second kappa shape index (κ2) is 11.2. The molecule has 172 valence electrons. The number of nitrogens with one attached hydrogen (secondary N) is 2. The molecule has 8 heteroatoms. The standard InChI is InChI=1S/C25H27N3O4S/c1-20(13-14-21-9-5-3-6-10-21)26-27-25(29)19-28(22-15-17-23(32-2)18-16-22)33(30,31)24-11-7-4-8-12-24/h3-13,15-18,26H,14,19H2,1-2H3,(H,27,29)/b20-13-. The minimum Gasteiger partial charge on any atom is -0.497 e. The number of carbonyl (C=O) groups excluding carboxylic acids is 1. The Morgan fingerprint density at radius 1 is 0.909 bits per heavy atom. The van der Waals surface area contributed by atoms with E-state index < -0.39 is 22.5 Å². The monoisotopic (exact) mass is 465 g/mol. The summed E-state index contributed by atoms with van der Waals surface area (Å²) in [6.45, 7) is 1.42. The van der Waals surface area contributed by atoms with Gasteiger partial charge >= 0.3 is 0 Å². The Labute approximate surface area is 194 Å². The summed E-state index contributed by atoms with van der Waals surface area (Å²) in [4.78, 5) is 12.8. The average molecular weight is 466 g/mol. The highest BCUT2D eigenvalue weighted by Crippen LogP contribution is 2.25. The Morgan fingerprint density at radius 3 is 2.12 bits per heavy atom. The van der Waals surface area contributed by atoms with Gasteiger partial charge in [0.25, 0.3) is 15.9 Å². The molecule has 0 spiro atoms. The second-order valence-corrected chi connectivity index (χ2v) is 9.14. The maximum atomic E-state index is 13.3. The van der Waals surface area contributed by atoms with Gasteiger partial charge in [0.15, 0.2) is 0 Å². The third-order valence-electron chi connectivity index (χ3n) is 4.86. The zero-order chi connectivity index (χ0) is 23.7. The largest absolute Gasteiger partial charge is 0.497 e. The Hall–Kier alpha value is -3.78. The molecule has 0 saturated heterocycles. The van der Waals surface area contributed by atoms with Gasteiger partial charge < -0.3 is 10.2 Å². The van der Waals surface area contributed by atoms with Crippen LogP contribution in [-0.4, -0.2) is 28.0 Å².